The minimum Gasteiger partial charge on any atom is -0.493 e. The molecule has 0 aromatic heterocycles. The molecular weight excluding hydrogens is 356 g/mol. The number of anilines is 2. The van der Waals surface area contributed by atoms with E-state index in [4.69, 9.17) is 21.1 Å². The van der Waals surface area contributed by atoms with Crippen molar-refractivity contribution in [1.29, 1.82) is 0 Å². The van der Waals surface area contributed by atoms with Crippen LogP contribution in [0.3, 0.4) is 0 Å². The first kappa shape index (κ1) is 19.6. The van der Waals surface area contributed by atoms with Crippen LogP contribution in [-0.4, -0.2) is 32.6 Å². The van der Waals surface area contributed by atoms with Crippen LogP contribution in [0.5, 0.6) is 11.5 Å². The Bertz CT molecular complexity index is 823. The van der Waals surface area contributed by atoms with Crippen molar-refractivity contribution in [2.24, 2.45) is 0 Å². The number of carbonyl (C=O) groups is 2. The SMILES string of the molecule is COc1ccc(NC(=O)CN(C(C)=O)c2ccc(C)c(Cl)c2)cc1OC. The van der Waals surface area contributed by atoms with Crippen molar-refractivity contribution in [2.75, 3.05) is 31.0 Å². The van der Waals surface area contributed by atoms with Crippen LogP contribution in [0.1, 0.15) is 12.5 Å². The lowest BCUT2D eigenvalue weighted by atomic mass is 10.2. The fraction of sp³-hybridized carbons (Fsp3) is 0.263. The number of carbonyl (C=O) groups excluding carboxylic acids is 2. The van der Waals surface area contributed by atoms with Gasteiger partial charge in [0.1, 0.15) is 6.54 Å². The van der Waals surface area contributed by atoms with Gasteiger partial charge in [-0.05, 0) is 36.8 Å². The predicted octanol–water partition coefficient (Wildman–Crippen LogP) is 3.66. The van der Waals surface area contributed by atoms with E-state index in [-0.39, 0.29) is 18.4 Å². The molecule has 138 valence electrons. The number of halogens is 1. The third-order valence-corrected chi connectivity index (χ3v) is 4.22. The minimum atomic E-state index is -0.343. The highest BCUT2D eigenvalue weighted by atomic mass is 35.5. The Labute approximate surface area is 157 Å². The van der Waals surface area contributed by atoms with Crippen molar-refractivity contribution in [3.05, 3.63) is 47.0 Å². The molecule has 0 spiro atoms. The van der Waals surface area contributed by atoms with E-state index in [0.29, 0.717) is 27.9 Å². The number of ether oxygens (including phenoxy) is 2. The van der Waals surface area contributed by atoms with Crippen LogP contribution in [-0.2, 0) is 9.59 Å². The summed E-state index contributed by atoms with van der Waals surface area (Å²) in [4.78, 5) is 25.7. The molecule has 26 heavy (non-hydrogen) atoms. The largest absolute Gasteiger partial charge is 0.493 e. The van der Waals surface area contributed by atoms with Crippen molar-refractivity contribution in [1.82, 2.24) is 0 Å². The monoisotopic (exact) mass is 376 g/mol. The molecular formula is C19H21ClN2O4. The zero-order valence-electron chi connectivity index (χ0n) is 15.1. The molecule has 1 N–H and O–H groups in total. The lowest BCUT2D eigenvalue weighted by molar-refractivity contribution is -0.120. The summed E-state index contributed by atoms with van der Waals surface area (Å²) in [5.74, 6) is 0.459. The average molecular weight is 377 g/mol. The molecule has 0 bridgehead atoms. The molecule has 0 aliphatic rings. The quantitative estimate of drug-likeness (QED) is 0.835. The molecule has 2 aromatic rings. The van der Waals surface area contributed by atoms with E-state index in [1.165, 1.54) is 26.0 Å². The third-order valence-electron chi connectivity index (χ3n) is 3.82. The Balaban J connectivity index is 2.15. The number of amides is 2. The number of methoxy groups -OCH3 is 2. The molecule has 2 amide bonds. The zero-order valence-corrected chi connectivity index (χ0v) is 15.9. The number of rotatable bonds is 6. The topological polar surface area (TPSA) is 67.9 Å². The molecule has 0 heterocycles. The van der Waals surface area contributed by atoms with Crippen molar-refractivity contribution in [2.45, 2.75) is 13.8 Å². The Kier molecular flexibility index (Phi) is 6.46. The van der Waals surface area contributed by atoms with E-state index in [0.717, 1.165) is 5.56 Å². The second-order valence-corrected chi connectivity index (χ2v) is 6.06. The maximum Gasteiger partial charge on any atom is 0.244 e. The van der Waals surface area contributed by atoms with E-state index in [1.807, 2.05) is 6.92 Å². The van der Waals surface area contributed by atoms with E-state index in [1.54, 1.807) is 36.4 Å². The average Bonchev–Trinajstić information content (AvgIpc) is 2.61. The van der Waals surface area contributed by atoms with Gasteiger partial charge >= 0.3 is 0 Å². The molecule has 0 fully saturated rings. The zero-order chi connectivity index (χ0) is 19.3. The number of nitrogens with zero attached hydrogens (tertiary/aromatic N) is 1. The normalized spacial score (nSPS) is 10.2. The molecule has 0 radical (unpaired) electrons. The summed E-state index contributed by atoms with van der Waals surface area (Å²) in [6.45, 7) is 3.13. The first-order valence-corrected chi connectivity index (χ1v) is 8.29. The molecule has 0 unspecified atom stereocenters. The summed E-state index contributed by atoms with van der Waals surface area (Å²) in [6, 6.07) is 10.3. The highest BCUT2D eigenvalue weighted by Crippen LogP contribution is 2.30. The van der Waals surface area contributed by atoms with Gasteiger partial charge in [-0.15, -0.1) is 0 Å². The number of hydrogen-bond acceptors (Lipinski definition) is 4. The lowest BCUT2D eigenvalue weighted by Crippen LogP contribution is -2.36. The maximum absolute atomic E-state index is 12.4. The van der Waals surface area contributed by atoms with E-state index < -0.39 is 0 Å². The van der Waals surface area contributed by atoms with Crippen LogP contribution < -0.4 is 19.7 Å². The van der Waals surface area contributed by atoms with Gasteiger partial charge in [-0.25, -0.2) is 0 Å². The van der Waals surface area contributed by atoms with Crippen LogP contribution in [0.25, 0.3) is 0 Å². The number of nitrogens with one attached hydrogen (secondary N) is 1. The fourth-order valence-electron chi connectivity index (χ4n) is 2.39. The van der Waals surface area contributed by atoms with Crippen LogP contribution in [0.4, 0.5) is 11.4 Å². The standard InChI is InChI=1S/C19H21ClN2O4/c1-12-5-7-15(10-16(12)20)22(13(2)23)11-19(24)21-14-6-8-17(25-3)18(9-14)26-4/h5-10H,11H2,1-4H3,(H,21,24). The molecule has 0 atom stereocenters. The highest BCUT2D eigenvalue weighted by Gasteiger charge is 2.17. The fourth-order valence-corrected chi connectivity index (χ4v) is 2.57. The molecule has 0 saturated carbocycles. The van der Waals surface area contributed by atoms with E-state index in [2.05, 4.69) is 5.32 Å². The molecule has 0 aliphatic carbocycles. The van der Waals surface area contributed by atoms with Gasteiger partial charge in [0, 0.05) is 29.4 Å². The van der Waals surface area contributed by atoms with Gasteiger partial charge in [-0.3, -0.25) is 9.59 Å². The summed E-state index contributed by atoms with van der Waals surface area (Å²) >= 11 is 6.13. The first-order chi connectivity index (χ1) is 12.3. The Hall–Kier alpha value is -2.73. The lowest BCUT2D eigenvalue weighted by Gasteiger charge is -2.21. The predicted molar refractivity (Wildman–Crippen MR) is 102 cm³/mol. The summed E-state index contributed by atoms with van der Waals surface area (Å²) in [5, 5.41) is 3.28. The van der Waals surface area contributed by atoms with Crippen molar-refractivity contribution in [3.8, 4) is 11.5 Å². The van der Waals surface area contributed by atoms with Gasteiger partial charge in [-0.2, -0.15) is 0 Å². The number of hydrogen-bond donors (Lipinski definition) is 1. The van der Waals surface area contributed by atoms with Crippen LogP contribution in [0.15, 0.2) is 36.4 Å². The van der Waals surface area contributed by atoms with Gasteiger partial charge < -0.3 is 19.7 Å². The van der Waals surface area contributed by atoms with Crippen LogP contribution in [0.2, 0.25) is 5.02 Å². The van der Waals surface area contributed by atoms with E-state index >= 15 is 0 Å². The summed E-state index contributed by atoms with van der Waals surface area (Å²) < 4.78 is 10.4. The Morgan fingerprint density at radius 3 is 2.35 bits per heavy atom. The number of benzene rings is 2. The molecule has 2 rings (SSSR count). The second-order valence-electron chi connectivity index (χ2n) is 5.66. The third kappa shape index (κ3) is 4.67. The maximum atomic E-state index is 12.4. The molecule has 0 aliphatic heterocycles. The minimum absolute atomic E-state index is 0.136. The van der Waals surface area contributed by atoms with Crippen LogP contribution >= 0.6 is 11.6 Å². The number of aryl methyl sites for hydroxylation is 1. The summed E-state index contributed by atoms with van der Waals surface area (Å²) in [6.07, 6.45) is 0. The summed E-state index contributed by atoms with van der Waals surface area (Å²) in [5.41, 5.74) is 2.00. The molecule has 2 aromatic carbocycles. The van der Waals surface area contributed by atoms with Gasteiger partial charge in [0.15, 0.2) is 11.5 Å². The molecule has 0 saturated heterocycles. The highest BCUT2D eigenvalue weighted by molar-refractivity contribution is 6.31. The van der Waals surface area contributed by atoms with Crippen molar-refractivity contribution < 1.29 is 19.1 Å². The van der Waals surface area contributed by atoms with Gasteiger partial charge in [0.25, 0.3) is 0 Å². The first-order valence-electron chi connectivity index (χ1n) is 7.92. The van der Waals surface area contributed by atoms with Gasteiger partial charge in [0.05, 0.1) is 14.2 Å². The van der Waals surface area contributed by atoms with Crippen molar-refractivity contribution in [3.63, 3.8) is 0 Å². The molecule has 6 nitrogen and oxygen atoms in total. The Morgan fingerprint density at radius 1 is 1.08 bits per heavy atom. The Morgan fingerprint density at radius 2 is 1.77 bits per heavy atom. The van der Waals surface area contributed by atoms with Crippen molar-refractivity contribution >= 4 is 34.8 Å². The van der Waals surface area contributed by atoms with Crippen LogP contribution in [0, 0.1) is 6.92 Å². The molecule has 7 heteroatoms. The smallest absolute Gasteiger partial charge is 0.244 e. The second kappa shape index (κ2) is 8.58. The van der Waals surface area contributed by atoms with Gasteiger partial charge in [-0.1, -0.05) is 17.7 Å². The van der Waals surface area contributed by atoms with Gasteiger partial charge in [0.2, 0.25) is 11.8 Å². The summed E-state index contributed by atoms with van der Waals surface area (Å²) in [7, 11) is 3.05. The van der Waals surface area contributed by atoms with E-state index in [9.17, 15) is 9.59 Å².